The van der Waals surface area contributed by atoms with Crippen LogP contribution in [-0.4, -0.2) is 48.8 Å². The van der Waals surface area contributed by atoms with Crippen LogP contribution in [0.2, 0.25) is 0 Å². The zero-order valence-electron chi connectivity index (χ0n) is 16.1. The standard InChI is InChI=1S/C23H32N2O/c1-26-18-6-5-17-13-21-19-4-2-3-8-23(19,20(17)14-18)9-11-25(21)22-12-16-7-10-24(22)15-16/h5-6,14,16,19,21-22H,2-4,7-13,15H2,1H3/t16?,19-,21+,22?,23+/m0/s1. The Morgan fingerprint density at radius 2 is 2.08 bits per heavy atom. The molecule has 0 amide bonds. The molecule has 3 heteroatoms. The average molecular weight is 353 g/mol. The molecule has 5 aliphatic rings. The number of hydrogen-bond donors (Lipinski definition) is 0. The molecule has 1 aromatic carbocycles. The quantitative estimate of drug-likeness (QED) is 0.805. The lowest BCUT2D eigenvalue weighted by atomic mass is 9.52. The highest BCUT2D eigenvalue weighted by molar-refractivity contribution is 5.45. The number of piperidine rings is 2. The van der Waals surface area contributed by atoms with Gasteiger partial charge in [-0.3, -0.25) is 9.80 Å². The van der Waals surface area contributed by atoms with Crippen LogP contribution in [0.1, 0.15) is 56.1 Å². The Morgan fingerprint density at radius 1 is 1.12 bits per heavy atom. The van der Waals surface area contributed by atoms with Crippen molar-refractivity contribution < 1.29 is 4.74 Å². The molecule has 3 unspecified atom stereocenters. The van der Waals surface area contributed by atoms with Crippen LogP contribution in [0.25, 0.3) is 0 Å². The van der Waals surface area contributed by atoms with Crippen molar-refractivity contribution in [3.05, 3.63) is 29.3 Å². The fourth-order valence-corrected chi connectivity index (χ4v) is 7.63. The van der Waals surface area contributed by atoms with Crippen LogP contribution in [0, 0.1) is 11.8 Å². The van der Waals surface area contributed by atoms with Gasteiger partial charge in [-0.15, -0.1) is 0 Å². The number of rotatable bonds is 2. The van der Waals surface area contributed by atoms with Gasteiger partial charge in [0, 0.05) is 24.5 Å². The molecule has 3 nitrogen and oxygen atoms in total. The highest BCUT2D eigenvalue weighted by atomic mass is 16.5. The van der Waals surface area contributed by atoms with Crippen LogP contribution >= 0.6 is 0 Å². The first kappa shape index (κ1) is 15.9. The number of fused-ring (bicyclic) bond motifs is 3. The summed E-state index contributed by atoms with van der Waals surface area (Å²) in [7, 11) is 1.82. The molecule has 4 fully saturated rings. The maximum absolute atomic E-state index is 5.61. The Labute approximate surface area is 157 Å². The Balaban J connectivity index is 1.41. The van der Waals surface area contributed by atoms with Crippen LogP contribution < -0.4 is 4.74 Å². The van der Waals surface area contributed by atoms with E-state index in [9.17, 15) is 0 Å². The summed E-state index contributed by atoms with van der Waals surface area (Å²) in [5.74, 6) is 2.91. The number of nitrogens with zero attached hydrogens (tertiary/aromatic N) is 2. The average Bonchev–Trinajstić information content (AvgIpc) is 3.31. The summed E-state index contributed by atoms with van der Waals surface area (Å²) < 4.78 is 5.61. The van der Waals surface area contributed by atoms with Crippen LogP contribution in [-0.2, 0) is 11.8 Å². The third-order valence-electron chi connectivity index (χ3n) is 8.75. The van der Waals surface area contributed by atoms with Gasteiger partial charge in [-0.25, -0.2) is 0 Å². The van der Waals surface area contributed by atoms with E-state index in [1.54, 1.807) is 11.1 Å². The Hall–Kier alpha value is -1.06. The molecule has 3 heterocycles. The van der Waals surface area contributed by atoms with Crippen molar-refractivity contribution in [2.24, 2.45) is 11.8 Å². The summed E-state index contributed by atoms with van der Waals surface area (Å²) in [6.07, 6.45) is 12.0. The number of likely N-dealkylation sites (tertiary alicyclic amines) is 1. The summed E-state index contributed by atoms with van der Waals surface area (Å²) in [6.45, 7) is 4.03. The topological polar surface area (TPSA) is 15.7 Å². The maximum Gasteiger partial charge on any atom is 0.119 e. The Kier molecular flexibility index (Phi) is 3.51. The van der Waals surface area contributed by atoms with Gasteiger partial charge in [0.1, 0.15) is 5.75 Å². The Bertz CT molecular complexity index is 718. The zero-order valence-corrected chi connectivity index (χ0v) is 16.1. The minimum Gasteiger partial charge on any atom is -0.497 e. The first-order chi connectivity index (χ1) is 12.8. The van der Waals surface area contributed by atoms with Gasteiger partial charge in [-0.1, -0.05) is 18.9 Å². The third-order valence-corrected chi connectivity index (χ3v) is 8.75. The molecule has 0 radical (unpaired) electrons. The van der Waals surface area contributed by atoms with Crippen LogP contribution in [0.3, 0.4) is 0 Å². The molecule has 6 atom stereocenters. The summed E-state index contributed by atoms with van der Waals surface area (Å²) in [4.78, 5) is 5.78. The van der Waals surface area contributed by atoms with Gasteiger partial charge in [0.25, 0.3) is 0 Å². The molecule has 2 aliphatic carbocycles. The molecule has 0 aromatic heterocycles. The van der Waals surface area contributed by atoms with Crippen molar-refractivity contribution in [2.75, 3.05) is 26.7 Å². The SMILES string of the molecule is COc1ccc2c(c1)[C@@]13CCCC[C@H]1[C@@H](C2)N(C1CC2CCN1C2)CC3. The first-order valence-corrected chi connectivity index (χ1v) is 11.0. The lowest BCUT2D eigenvalue weighted by Gasteiger charge is -2.61. The lowest BCUT2D eigenvalue weighted by Crippen LogP contribution is -2.64. The largest absolute Gasteiger partial charge is 0.497 e. The van der Waals surface area contributed by atoms with Gasteiger partial charge < -0.3 is 4.74 Å². The second-order valence-corrected chi connectivity index (χ2v) is 9.66. The van der Waals surface area contributed by atoms with E-state index in [0.717, 1.165) is 29.8 Å². The molecule has 6 rings (SSSR count). The summed E-state index contributed by atoms with van der Waals surface area (Å²) in [5.41, 5.74) is 3.72. The molecular formula is C23H32N2O. The normalized spacial score (nSPS) is 43.8. The molecule has 26 heavy (non-hydrogen) atoms. The molecule has 3 aliphatic heterocycles. The molecule has 140 valence electrons. The van der Waals surface area contributed by atoms with E-state index >= 15 is 0 Å². The first-order valence-electron chi connectivity index (χ1n) is 11.0. The summed E-state index contributed by atoms with van der Waals surface area (Å²) in [6, 6.07) is 7.76. The van der Waals surface area contributed by atoms with Gasteiger partial charge >= 0.3 is 0 Å². The van der Waals surface area contributed by atoms with Crippen molar-refractivity contribution in [3.8, 4) is 5.75 Å². The minimum absolute atomic E-state index is 0.439. The fraction of sp³-hybridized carbons (Fsp3) is 0.739. The fourth-order valence-electron chi connectivity index (χ4n) is 7.63. The molecule has 3 saturated heterocycles. The van der Waals surface area contributed by atoms with Gasteiger partial charge in [0.2, 0.25) is 0 Å². The molecular weight excluding hydrogens is 320 g/mol. The molecule has 0 spiro atoms. The molecule has 0 N–H and O–H groups in total. The predicted molar refractivity (Wildman–Crippen MR) is 104 cm³/mol. The van der Waals surface area contributed by atoms with Crippen LogP contribution in [0.4, 0.5) is 0 Å². The predicted octanol–water partition coefficient (Wildman–Crippen LogP) is 3.81. The van der Waals surface area contributed by atoms with Gasteiger partial charge in [0.15, 0.2) is 0 Å². The highest BCUT2D eigenvalue weighted by Crippen LogP contribution is 2.57. The van der Waals surface area contributed by atoms with E-state index < -0.39 is 0 Å². The van der Waals surface area contributed by atoms with Crippen molar-refractivity contribution >= 4 is 0 Å². The van der Waals surface area contributed by atoms with Crippen LogP contribution in [0.5, 0.6) is 5.75 Å². The highest BCUT2D eigenvalue weighted by Gasteiger charge is 2.56. The lowest BCUT2D eigenvalue weighted by molar-refractivity contribution is -0.0677. The van der Waals surface area contributed by atoms with Crippen molar-refractivity contribution in [2.45, 2.75) is 69.0 Å². The van der Waals surface area contributed by atoms with E-state index in [2.05, 4.69) is 28.0 Å². The number of hydrogen-bond acceptors (Lipinski definition) is 3. The Morgan fingerprint density at radius 3 is 2.88 bits per heavy atom. The van der Waals surface area contributed by atoms with E-state index in [1.165, 1.54) is 71.0 Å². The van der Waals surface area contributed by atoms with Gasteiger partial charge in [0.05, 0.1) is 13.3 Å². The summed E-state index contributed by atoms with van der Waals surface area (Å²) in [5, 5.41) is 0. The summed E-state index contributed by atoms with van der Waals surface area (Å²) >= 11 is 0. The maximum atomic E-state index is 5.61. The second-order valence-electron chi connectivity index (χ2n) is 9.66. The number of benzene rings is 1. The van der Waals surface area contributed by atoms with E-state index in [1.807, 2.05) is 7.11 Å². The molecule has 4 bridgehead atoms. The molecule has 1 saturated carbocycles. The molecule has 1 aromatic rings. The number of methoxy groups -OCH3 is 1. The van der Waals surface area contributed by atoms with E-state index in [-0.39, 0.29) is 0 Å². The second kappa shape index (κ2) is 5.72. The van der Waals surface area contributed by atoms with Gasteiger partial charge in [-0.05, 0) is 80.2 Å². The van der Waals surface area contributed by atoms with Crippen LogP contribution in [0.15, 0.2) is 18.2 Å². The van der Waals surface area contributed by atoms with Gasteiger partial charge in [-0.2, -0.15) is 0 Å². The smallest absolute Gasteiger partial charge is 0.119 e. The van der Waals surface area contributed by atoms with Crippen molar-refractivity contribution in [3.63, 3.8) is 0 Å². The van der Waals surface area contributed by atoms with Crippen molar-refractivity contribution in [1.82, 2.24) is 9.80 Å². The minimum atomic E-state index is 0.439. The van der Waals surface area contributed by atoms with E-state index in [0.29, 0.717) is 5.41 Å². The zero-order chi connectivity index (χ0) is 17.3. The van der Waals surface area contributed by atoms with Crippen molar-refractivity contribution in [1.29, 1.82) is 0 Å². The third kappa shape index (κ3) is 2.08. The monoisotopic (exact) mass is 352 g/mol. The number of ether oxygens (including phenoxy) is 1. The van der Waals surface area contributed by atoms with E-state index in [4.69, 9.17) is 4.74 Å².